The van der Waals surface area contributed by atoms with Crippen LogP contribution in [0.3, 0.4) is 0 Å². The van der Waals surface area contributed by atoms with Gasteiger partial charge in [0, 0.05) is 19.3 Å². The summed E-state index contributed by atoms with van der Waals surface area (Å²) in [7, 11) is 0. The maximum absolute atomic E-state index is 12.8. The van der Waals surface area contributed by atoms with Crippen LogP contribution in [0.15, 0.2) is 60.8 Å². The molecule has 0 radical (unpaired) electrons. The van der Waals surface area contributed by atoms with Gasteiger partial charge in [0.1, 0.15) is 13.2 Å². The highest BCUT2D eigenvalue weighted by molar-refractivity contribution is 5.71. The van der Waals surface area contributed by atoms with Crippen LogP contribution in [-0.4, -0.2) is 37.2 Å². The van der Waals surface area contributed by atoms with E-state index in [4.69, 9.17) is 14.2 Å². The minimum atomic E-state index is -0.787. The molecule has 0 amide bonds. The van der Waals surface area contributed by atoms with E-state index in [9.17, 15) is 14.4 Å². The Balaban J connectivity index is 4.40. The van der Waals surface area contributed by atoms with Gasteiger partial charge in [0.05, 0.1) is 0 Å². The fourth-order valence-corrected chi connectivity index (χ4v) is 7.42. The highest BCUT2D eigenvalue weighted by atomic mass is 16.6. The van der Waals surface area contributed by atoms with Gasteiger partial charge in [-0.2, -0.15) is 0 Å². The summed E-state index contributed by atoms with van der Waals surface area (Å²) in [6.07, 6.45) is 63.4. The van der Waals surface area contributed by atoms with Gasteiger partial charge in [-0.05, 0) is 89.9 Å². The van der Waals surface area contributed by atoms with Crippen LogP contribution in [0.4, 0.5) is 0 Å². The molecule has 0 saturated heterocycles. The van der Waals surface area contributed by atoms with Crippen molar-refractivity contribution in [2.45, 2.75) is 271 Å². The van der Waals surface area contributed by atoms with E-state index < -0.39 is 6.10 Å². The lowest BCUT2D eigenvalue weighted by Crippen LogP contribution is -2.30. The SMILES string of the molecule is CCCCC/C=C\C/C=C\C/C=C\C/C=C\CCCCCC(=O)OC[C@H](COC(=O)CCCCCCC/C=C\CCCCCCCC)OC(=O)CCCCCCCCCCCCC. The lowest BCUT2D eigenvalue weighted by molar-refractivity contribution is -0.167. The first-order valence-corrected chi connectivity index (χ1v) is 26.8. The zero-order valence-corrected chi connectivity index (χ0v) is 41.6. The van der Waals surface area contributed by atoms with Gasteiger partial charge in [0.2, 0.25) is 0 Å². The van der Waals surface area contributed by atoms with Crippen molar-refractivity contribution in [3.8, 4) is 0 Å². The monoisotopic (exact) mass is 881 g/mol. The van der Waals surface area contributed by atoms with E-state index in [2.05, 4.69) is 81.5 Å². The first-order valence-electron chi connectivity index (χ1n) is 26.8. The zero-order chi connectivity index (χ0) is 45.8. The van der Waals surface area contributed by atoms with Crippen molar-refractivity contribution in [1.29, 1.82) is 0 Å². The third kappa shape index (κ3) is 50.0. The molecule has 0 spiro atoms. The van der Waals surface area contributed by atoms with Crippen molar-refractivity contribution in [2.24, 2.45) is 0 Å². The minimum Gasteiger partial charge on any atom is -0.462 e. The van der Waals surface area contributed by atoms with Gasteiger partial charge in [-0.25, -0.2) is 0 Å². The van der Waals surface area contributed by atoms with E-state index >= 15 is 0 Å². The topological polar surface area (TPSA) is 78.9 Å². The Bertz CT molecular complexity index is 1150. The van der Waals surface area contributed by atoms with Crippen molar-refractivity contribution in [3.63, 3.8) is 0 Å². The molecule has 0 unspecified atom stereocenters. The Hall–Kier alpha value is -2.89. The summed E-state index contributed by atoms with van der Waals surface area (Å²) in [5.41, 5.74) is 0. The summed E-state index contributed by atoms with van der Waals surface area (Å²) in [4.78, 5) is 38.0. The average molecular weight is 881 g/mol. The van der Waals surface area contributed by atoms with Gasteiger partial charge in [0.15, 0.2) is 6.10 Å². The molecule has 0 heterocycles. The molecule has 0 saturated carbocycles. The molecule has 63 heavy (non-hydrogen) atoms. The van der Waals surface area contributed by atoms with Crippen LogP contribution < -0.4 is 0 Å². The van der Waals surface area contributed by atoms with Crippen LogP contribution in [0.1, 0.15) is 265 Å². The van der Waals surface area contributed by atoms with Crippen LogP contribution in [-0.2, 0) is 28.6 Å². The predicted molar refractivity (Wildman–Crippen MR) is 270 cm³/mol. The molecule has 0 aliphatic heterocycles. The van der Waals surface area contributed by atoms with Crippen LogP contribution in [0.25, 0.3) is 0 Å². The second-order valence-electron chi connectivity index (χ2n) is 17.8. The van der Waals surface area contributed by atoms with Gasteiger partial charge in [-0.1, -0.05) is 216 Å². The molecule has 364 valence electrons. The largest absolute Gasteiger partial charge is 0.462 e. The molecule has 0 aliphatic carbocycles. The van der Waals surface area contributed by atoms with Crippen molar-refractivity contribution in [3.05, 3.63) is 60.8 Å². The van der Waals surface area contributed by atoms with E-state index in [-0.39, 0.29) is 31.1 Å². The fraction of sp³-hybridized carbons (Fsp3) is 0.772. The summed E-state index contributed by atoms with van der Waals surface area (Å²) < 4.78 is 16.8. The Kier molecular flexibility index (Phi) is 49.4. The normalized spacial score (nSPS) is 12.5. The molecule has 0 fully saturated rings. The Morgan fingerprint density at radius 1 is 0.317 bits per heavy atom. The summed E-state index contributed by atoms with van der Waals surface area (Å²) in [6, 6.07) is 0. The van der Waals surface area contributed by atoms with Crippen LogP contribution in [0, 0.1) is 0 Å². The first kappa shape index (κ1) is 60.1. The Morgan fingerprint density at radius 3 is 0.952 bits per heavy atom. The second kappa shape index (κ2) is 51.7. The van der Waals surface area contributed by atoms with Gasteiger partial charge >= 0.3 is 17.9 Å². The number of hydrogen-bond acceptors (Lipinski definition) is 6. The van der Waals surface area contributed by atoms with Crippen molar-refractivity contribution in [1.82, 2.24) is 0 Å². The molecule has 0 aromatic carbocycles. The van der Waals surface area contributed by atoms with E-state index in [1.807, 2.05) is 0 Å². The zero-order valence-electron chi connectivity index (χ0n) is 41.6. The number of carbonyl (C=O) groups is 3. The Labute approximate surface area is 390 Å². The number of hydrogen-bond donors (Lipinski definition) is 0. The number of carbonyl (C=O) groups excluding carboxylic acids is 3. The first-order chi connectivity index (χ1) is 31.0. The molecular formula is C57H100O6. The molecule has 0 aliphatic rings. The summed E-state index contributed by atoms with van der Waals surface area (Å²) in [5.74, 6) is -0.921. The maximum Gasteiger partial charge on any atom is 0.306 e. The van der Waals surface area contributed by atoms with Crippen molar-refractivity contribution >= 4 is 17.9 Å². The van der Waals surface area contributed by atoms with Gasteiger partial charge in [-0.15, -0.1) is 0 Å². The van der Waals surface area contributed by atoms with E-state index in [0.29, 0.717) is 19.3 Å². The quantitative estimate of drug-likeness (QED) is 0.0262. The Morgan fingerprint density at radius 2 is 0.571 bits per heavy atom. The molecule has 6 heteroatoms. The molecule has 0 rings (SSSR count). The van der Waals surface area contributed by atoms with Crippen molar-refractivity contribution < 1.29 is 28.6 Å². The smallest absolute Gasteiger partial charge is 0.306 e. The summed E-state index contributed by atoms with van der Waals surface area (Å²) in [6.45, 7) is 6.57. The van der Waals surface area contributed by atoms with E-state index in [1.54, 1.807) is 0 Å². The van der Waals surface area contributed by atoms with Crippen LogP contribution in [0.2, 0.25) is 0 Å². The average Bonchev–Trinajstić information content (AvgIpc) is 3.28. The van der Waals surface area contributed by atoms with E-state index in [0.717, 1.165) is 89.9 Å². The third-order valence-electron chi connectivity index (χ3n) is 11.5. The van der Waals surface area contributed by atoms with Gasteiger partial charge in [0.25, 0.3) is 0 Å². The van der Waals surface area contributed by atoms with Gasteiger partial charge in [-0.3, -0.25) is 14.4 Å². The number of unbranched alkanes of at least 4 members (excludes halogenated alkanes) is 27. The minimum absolute atomic E-state index is 0.0870. The molecule has 0 aromatic rings. The van der Waals surface area contributed by atoms with Crippen LogP contribution in [0.5, 0.6) is 0 Å². The predicted octanol–water partition coefficient (Wildman–Crippen LogP) is 17.6. The molecule has 1 atom stereocenters. The fourth-order valence-electron chi connectivity index (χ4n) is 7.42. The molecular weight excluding hydrogens is 781 g/mol. The number of rotatable bonds is 48. The van der Waals surface area contributed by atoms with Crippen molar-refractivity contribution in [2.75, 3.05) is 13.2 Å². The molecule has 0 bridgehead atoms. The van der Waals surface area contributed by atoms with E-state index in [1.165, 1.54) is 135 Å². The highest BCUT2D eigenvalue weighted by Crippen LogP contribution is 2.14. The maximum atomic E-state index is 12.8. The van der Waals surface area contributed by atoms with Crippen LogP contribution >= 0.6 is 0 Å². The number of ether oxygens (including phenoxy) is 3. The van der Waals surface area contributed by atoms with Gasteiger partial charge < -0.3 is 14.2 Å². The lowest BCUT2D eigenvalue weighted by atomic mass is 10.1. The third-order valence-corrected chi connectivity index (χ3v) is 11.5. The standard InChI is InChI=1S/C57H100O6/c1-4-7-10-13-16-19-22-24-26-27-28-29-31-33-36-38-41-44-47-50-56(59)62-53-54(63-57(60)51-48-45-42-39-34-21-18-15-12-9-6-3)52-61-55(58)49-46-43-40-37-35-32-30-25-23-20-17-14-11-8-5-2/h16,19,24-26,28-30,33,36,54H,4-15,17-18,20-23,27,31-32,34-35,37-53H2,1-3H3/b19-16-,26-24-,29-28-,30-25-,36-33-/t54-/m0/s1. The number of allylic oxidation sites excluding steroid dienone is 10. The highest BCUT2D eigenvalue weighted by Gasteiger charge is 2.19. The lowest BCUT2D eigenvalue weighted by Gasteiger charge is -2.18. The summed E-state index contributed by atoms with van der Waals surface area (Å²) in [5, 5.41) is 0. The molecule has 0 aromatic heterocycles. The summed E-state index contributed by atoms with van der Waals surface area (Å²) >= 11 is 0. The molecule has 6 nitrogen and oxygen atoms in total. The number of esters is 3. The molecule has 0 N–H and O–H groups in total. The second-order valence-corrected chi connectivity index (χ2v) is 17.8.